The van der Waals surface area contributed by atoms with Crippen LogP contribution in [0.2, 0.25) is 5.02 Å². The van der Waals surface area contributed by atoms with Gasteiger partial charge in [-0.2, -0.15) is 0 Å². The molecule has 0 N–H and O–H groups in total. The van der Waals surface area contributed by atoms with Gasteiger partial charge in [-0.05, 0) is 78.7 Å². The summed E-state index contributed by atoms with van der Waals surface area (Å²) >= 11 is 14.2. The maximum absolute atomic E-state index is 6.64. The van der Waals surface area contributed by atoms with Crippen LogP contribution in [-0.2, 0) is 0 Å². The standard InChI is InChI=1S/C26H25Br2Cl/c27-22-9-3-1-2-8-18(17-22)19-14-20(23-10-4-6-12-25(23)28)16-21(15-19)24-11-5-7-13-26(24)29/h1-7,9-13,17-21H,8,14-16H2/b2-1-,9-3-,22-17?. The van der Waals surface area contributed by atoms with Crippen molar-refractivity contribution in [1.29, 1.82) is 0 Å². The predicted molar refractivity (Wildman–Crippen MR) is 132 cm³/mol. The van der Waals surface area contributed by atoms with Crippen LogP contribution in [0.1, 0.15) is 48.6 Å². The zero-order chi connectivity index (χ0) is 20.2. The van der Waals surface area contributed by atoms with Crippen LogP contribution in [0.5, 0.6) is 0 Å². The summed E-state index contributed by atoms with van der Waals surface area (Å²) in [5.74, 6) is 2.16. The molecule has 0 amide bonds. The molecule has 4 unspecified atom stereocenters. The van der Waals surface area contributed by atoms with Crippen molar-refractivity contribution in [2.45, 2.75) is 37.5 Å². The van der Waals surface area contributed by atoms with E-state index in [1.54, 1.807) is 0 Å². The van der Waals surface area contributed by atoms with Crippen LogP contribution >= 0.6 is 43.5 Å². The summed E-state index contributed by atoms with van der Waals surface area (Å²) in [6.07, 6.45) is 15.8. The molecule has 150 valence electrons. The van der Waals surface area contributed by atoms with Gasteiger partial charge >= 0.3 is 0 Å². The van der Waals surface area contributed by atoms with E-state index in [1.165, 1.54) is 32.9 Å². The molecule has 2 aromatic rings. The Hall–Kier alpha value is -1.09. The summed E-state index contributed by atoms with van der Waals surface area (Å²) in [6, 6.07) is 17.1. The highest BCUT2D eigenvalue weighted by atomic mass is 79.9. The first-order valence-corrected chi connectivity index (χ1v) is 12.3. The van der Waals surface area contributed by atoms with E-state index in [0.717, 1.165) is 17.9 Å². The topological polar surface area (TPSA) is 0 Å². The van der Waals surface area contributed by atoms with E-state index in [9.17, 15) is 0 Å². The highest BCUT2D eigenvalue weighted by Gasteiger charge is 2.35. The van der Waals surface area contributed by atoms with Gasteiger partial charge in [0.1, 0.15) is 0 Å². The van der Waals surface area contributed by atoms with E-state index < -0.39 is 0 Å². The van der Waals surface area contributed by atoms with E-state index in [1.807, 2.05) is 12.1 Å². The molecule has 0 aromatic heterocycles. The first-order chi connectivity index (χ1) is 14.1. The van der Waals surface area contributed by atoms with E-state index in [2.05, 4.69) is 98.6 Å². The number of allylic oxidation sites excluding steroid dienone is 6. The van der Waals surface area contributed by atoms with Gasteiger partial charge in [0.05, 0.1) is 0 Å². The van der Waals surface area contributed by atoms with E-state index in [4.69, 9.17) is 11.6 Å². The number of hydrogen-bond acceptors (Lipinski definition) is 0. The summed E-state index contributed by atoms with van der Waals surface area (Å²) in [7, 11) is 0. The van der Waals surface area contributed by atoms with Gasteiger partial charge in [-0.3, -0.25) is 0 Å². The quantitative estimate of drug-likeness (QED) is 0.370. The number of hydrogen-bond donors (Lipinski definition) is 0. The molecule has 2 aliphatic rings. The fourth-order valence-electron chi connectivity index (χ4n) is 4.95. The third kappa shape index (κ3) is 5.16. The van der Waals surface area contributed by atoms with Crippen LogP contribution < -0.4 is 0 Å². The molecule has 0 saturated heterocycles. The second kappa shape index (κ2) is 9.81. The molecule has 0 nitrogen and oxygen atoms in total. The van der Waals surface area contributed by atoms with Crippen molar-refractivity contribution in [3.05, 3.63) is 104 Å². The van der Waals surface area contributed by atoms with E-state index in [0.29, 0.717) is 23.7 Å². The van der Waals surface area contributed by atoms with Gasteiger partial charge in [0.2, 0.25) is 0 Å². The Morgan fingerprint density at radius 2 is 1.48 bits per heavy atom. The van der Waals surface area contributed by atoms with Crippen LogP contribution in [0.15, 0.2) is 87.9 Å². The fraction of sp³-hybridized carbons (Fsp3) is 0.308. The fourth-order valence-corrected chi connectivity index (χ4v) is 6.34. The monoisotopic (exact) mass is 530 g/mol. The minimum Gasteiger partial charge on any atom is -0.0840 e. The second-order valence-electron chi connectivity index (χ2n) is 8.14. The third-order valence-electron chi connectivity index (χ3n) is 6.32. The molecule has 0 spiro atoms. The molecule has 0 radical (unpaired) electrons. The summed E-state index contributed by atoms with van der Waals surface area (Å²) in [4.78, 5) is 0. The van der Waals surface area contributed by atoms with Crippen molar-refractivity contribution in [1.82, 2.24) is 0 Å². The average molecular weight is 533 g/mol. The Labute approximate surface area is 196 Å². The molecule has 29 heavy (non-hydrogen) atoms. The predicted octanol–water partition coefficient (Wildman–Crippen LogP) is 9.18. The largest absolute Gasteiger partial charge is 0.0840 e. The Morgan fingerprint density at radius 1 is 0.793 bits per heavy atom. The van der Waals surface area contributed by atoms with Crippen LogP contribution in [0.3, 0.4) is 0 Å². The van der Waals surface area contributed by atoms with Gasteiger partial charge in [-0.1, -0.05) is 104 Å². The van der Waals surface area contributed by atoms with Crippen LogP contribution in [0.25, 0.3) is 0 Å². The maximum atomic E-state index is 6.64. The van der Waals surface area contributed by atoms with Crippen molar-refractivity contribution in [3.8, 4) is 0 Å². The molecular weight excluding hydrogens is 508 g/mol. The van der Waals surface area contributed by atoms with E-state index >= 15 is 0 Å². The number of rotatable bonds is 3. The molecule has 0 aliphatic heterocycles. The lowest BCUT2D eigenvalue weighted by Gasteiger charge is -2.39. The Morgan fingerprint density at radius 3 is 2.24 bits per heavy atom. The molecule has 1 saturated carbocycles. The average Bonchev–Trinajstić information content (AvgIpc) is 2.71. The first-order valence-electron chi connectivity index (χ1n) is 10.3. The van der Waals surface area contributed by atoms with Gasteiger partial charge < -0.3 is 0 Å². The summed E-state index contributed by atoms with van der Waals surface area (Å²) in [6.45, 7) is 0. The SMILES string of the molecule is Clc1ccccc1C1CC(c2ccccc2Br)CC(C2C=C(Br)/C=C\C=C/C2)C1. The minimum atomic E-state index is 0.483. The van der Waals surface area contributed by atoms with Crippen molar-refractivity contribution < 1.29 is 0 Å². The van der Waals surface area contributed by atoms with Gasteiger partial charge in [0, 0.05) is 14.0 Å². The van der Waals surface area contributed by atoms with Crippen molar-refractivity contribution in [3.63, 3.8) is 0 Å². The van der Waals surface area contributed by atoms with Crippen LogP contribution in [0.4, 0.5) is 0 Å². The Balaban J connectivity index is 1.69. The van der Waals surface area contributed by atoms with Gasteiger partial charge in [0.25, 0.3) is 0 Å². The van der Waals surface area contributed by atoms with Gasteiger partial charge in [-0.25, -0.2) is 0 Å². The number of halogens is 3. The van der Waals surface area contributed by atoms with Crippen molar-refractivity contribution in [2.24, 2.45) is 11.8 Å². The highest BCUT2D eigenvalue weighted by molar-refractivity contribution is 9.12. The lowest BCUT2D eigenvalue weighted by molar-refractivity contribution is 0.236. The lowest BCUT2D eigenvalue weighted by atomic mass is 9.66. The third-order valence-corrected chi connectivity index (χ3v) is 7.92. The molecular formula is C26H25Br2Cl. The van der Waals surface area contributed by atoms with Crippen LogP contribution in [-0.4, -0.2) is 0 Å². The molecule has 0 heterocycles. The summed E-state index contributed by atoms with van der Waals surface area (Å²) in [5.41, 5.74) is 2.74. The number of benzene rings is 2. The lowest BCUT2D eigenvalue weighted by Crippen LogP contribution is -2.26. The summed E-state index contributed by atoms with van der Waals surface area (Å²) < 4.78 is 2.41. The smallest absolute Gasteiger partial charge is 0.0440 e. The molecule has 3 heteroatoms. The molecule has 4 atom stereocenters. The van der Waals surface area contributed by atoms with Crippen LogP contribution in [0, 0.1) is 11.8 Å². The minimum absolute atomic E-state index is 0.483. The van der Waals surface area contributed by atoms with Gasteiger partial charge in [0.15, 0.2) is 0 Å². The van der Waals surface area contributed by atoms with Crippen molar-refractivity contribution in [2.75, 3.05) is 0 Å². The Kier molecular flexibility index (Phi) is 7.16. The molecule has 1 fully saturated rings. The molecule has 2 aromatic carbocycles. The van der Waals surface area contributed by atoms with Crippen molar-refractivity contribution >= 4 is 43.5 Å². The second-order valence-corrected chi connectivity index (χ2v) is 10.3. The normalized spacial score (nSPS) is 29.4. The zero-order valence-corrected chi connectivity index (χ0v) is 20.2. The maximum Gasteiger partial charge on any atom is 0.0440 e. The first kappa shape index (κ1) is 21.2. The molecule has 4 rings (SSSR count). The highest BCUT2D eigenvalue weighted by Crippen LogP contribution is 2.49. The molecule has 2 aliphatic carbocycles. The Bertz CT molecular complexity index is 890. The molecule has 0 bridgehead atoms. The summed E-state index contributed by atoms with van der Waals surface area (Å²) in [5, 5.41) is 0.904. The van der Waals surface area contributed by atoms with E-state index in [-0.39, 0.29) is 0 Å². The van der Waals surface area contributed by atoms with Gasteiger partial charge in [-0.15, -0.1) is 0 Å². The zero-order valence-electron chi connectivity index (χ0n) is 16.3.